The summed E-state index contributed by atoms with van der Waals surface area (Å²) in [5, 5.41) is 4.10. The Labute approximate surface area is 226 Å². The second-order valence-electron chi connectivity index (χ2n) is 7.86. The molecule has 0 heterocycles. The van der Waals surface area contributed by atoms with Crippen molar-refractivity contribution in [2.24, 2.45) is 5.92 Å². The van der Waals surface area contributed by atoms with Crippen LogP contribution in [0.3, 0.4) is 0 Å². The first-order chi connectivity index (χ1) is 16.0. The molecular weight excluding hydrogens is 561 g/mol. The van der Waals surface area contributed by atoms with Crippen LogP contribution in [-0.4, -0.2) is 22.3 Å². The summed E-state index contributed by atoms with van der Waals surface area (Å²) in [6.07, 6.45) is 0. The Morgan fingerprint density at radius 1 is 1.00 bits per heavy atom. The summed E-state index contributed by atoms with van der Waals surface area (Å²) >= 11 is 37.1. The van der Waals surface area contributed by atoms with E-state index in [1.807, 2.05) is 0 Å². The van der Waals surface area contributed by atoms with Gasteiger partial charge >= 0.3 is 0 Å². The van der Waals surface area contributed by atoms with E-state index in [0.29, 0.717) is 42.6 Å². The summed E-state index contributed by atoms with van der Waals surface area (Å²) in [7, 11) is 1.75. The summed E-state index contributed by atoms with van der Waals surface area (Å²) < 4.78 is 12.0. The average Bonchev–Trinajstić information content (AvgIpc) is 3.36. The van der Waals surface area contributed by atoms with Crippen molar-refractivity contribution >= 4 is 92.5 Å². The van der Waals surface area contributed by atoms with Crippen molar-refractivity contribution < 1.29 is 9.18 Å². The number of thiocarbonyl (C=S) groups is 1. The molecule has 2 atom stereocenters. The highest BCUT2D eigenvalue weighted by atomic mass is 35.5. The molecule has 10 heteroatoms. The molecule has 3 aromatic rings. The zero-order valence-electron chi connectivity index (χ0n) is 17.5. The van der Waals surface area contributed by atoms with Crippen molar-refractivity contribution in [3.8, 4) is 0 Å². The minimum absolute atomic E-state index is 0.348. The summed E-state index contributed by atoms with van der Waals surface area (Å²) in [5.41, 5.74) is 2.37. The van der Waals surface area contributed by atoms with Gasteiger partial charge in [0.05, 0.1) is 10.9 Å². The van der Waals surface area contributed by atoms with Gasteiger partial charge in [0.1, 0.15) is 15.1 Å². The molecule has 1 amide bonds. The van der Waals surface area contributed by atoms with E-state index in [1.54, 1.807) is 60.5 Å². The molecule has 1 aliphatic rings. The fraction of sp³-hybridized carbons (Fsp3) is 0.167. The van der Waals surface area contributed by atoms with Crippen LogP contribution in [0.5, 0.6) is 0 Å². The van der Waals surface area contributed by atoms with Gasteiger partial charge in [0.15, 0.2) is 0 Å². The van der Waals surface area contributed by atoms with Crippen molar-refractivity contribution in [3.05, 3.63) is 92.7 Å². The monoisotopic (exact) mass is 574 g/mol. The SMILES string of the molecule is CN(C(=S)c1cc(NC(=O)[C@@H]2[C@@H](c3cc(Cl)cc(Cl)c3)C2(Cl)Cl)ccc1Cl)c1ccc(F)cc1. The lowest BCUT2D eigenvalue weighted by molar-refractivity contribution is -0.117. The largest absolute Gasteiger partial charge is 0.335 e. The Bertz CT molecular complexity index is 1260. The number of hydrogen-bond donors (Lipinski definition) is 1. The Hall–Kier alpha value is -1.60. The zero-order valence-corrected chi connectivity index (χ0v) is 22.1. The zero-order chi connectivity index (χ0) is 24.8. The number of hydrogen-bond acceptors (Lipinski definition) is 2. The van der Waals surface area contributed by atoms with Crippen LogP contribution >= 0.6 is 70.2 Å². The quantitative estimate of drug-likeness (QED) is 0.246. The molecule has 0 aliphatic heterocycles. The smallest absolute Gasteiger partial charge is 0.231 e. The fourth-order valence-electron chi connectivity index (χ4n) is 3.77. The molecule has 4 rings (SSSR count). The molecule has 1 fully saturated rings. The van der Waals surface area contributed by atoms with Crippen molar-refractivity contribution in [1.29, 1.82) is 0 Å². The lowest BCUT2D eigenvalue weighted by Gasteiger charge is -2.21. The molecule has 3 nitrogen and oxygen atoms in total. The maximum atomic E-state index is 13.3. The predicted octanol–water partition coefficient (Wildman–Crippen LogP) is 8.12. The number of rotatable bonds is 5. The number of nitrogens with one attached hydrogen (secondary N) is 1. The molecule has 0 unspecified atom stereocenters. The first-order valence-corrected chi connectivity index (χ1v) is 12.3. The van der Waals surface area contributed by atoms with E-state index in [4.69, 9.17) is 70.2 Å². The van der Waals surface area contributed by atoms with Crippen molar-refractivity contribution in [1.82, 2.24) is 0 Å². The first-order valence-electron chi connectivity index (χ1n) is 9.97. The number of carbonyl (C=O) groups excluding carboxylic acids is 1. The molecule has 0 saturated heterocycles. The molecule has 3 aromatic carbocycles. The number of carbonyl (C=O) groups is 1. The number of halogens is 6. The number of alkyl halides is 2. The van der Waals surface area contributed by atoms with Crippen LogP contribution < -0.4 is 10.2 Å². The van der Waals surface area contributed by atoms with E-state index in [9.17, 15) is 9.18 Å². The van der Waals surface area contributed by atoms with E-state index in [-0.39, 0.29) is 11.7 Å². The number of nitrogens with zero attached hydrogens (tertiary/aromatic N) is 1. The minimum Gasteiger partial charge on any atom is -0.335 e. The van der Waals surface area contributed by atoms with Gasteiger partial charge in [0.25, 0.3) is 0 Å². The highest BCUT2D eigenvalue weighted by Crippen LogP contribution is 2.65. The standard InChI is InChI=1S/C24H16Cl5FN2OS/c1-32(17-5-2-15(30)3-6-17)23(34)18-11-16(4-7-19(18)27)31-22(33)21-20(24(21,28)29)12-8-13(25)10-14(26)9-12/h2-11,20-21H,1H3,(H,31,33)/t20-,21+/m1/s1. The summed E-state index contributed by atoms with van der Waals surface area (Å²) in [5.74, 6) is -1.89. The van der Waals surface area contributed by atoms with Crippen molar-refractivity contribution in [3.63, 3.8) is 0 Å². The van der Waals surface area contributed by atoms with Gasteiger partial charge in [0, 0.05) is 39.9 Å². The summed E-state index contributed by atoms with van der Waals surface area (Å²) in [4.78, 5) is 15.1. The van der Waals surface area contributed by atoms with Gasteiger partial charge in [-0.15, -0.1) is 23.2 Å². The second-order valence-corrected chi connectivity index (χ2v) is 11.0. The topological polar surface area (TPSA) is 32.3 Å². The minimum atomic E-state index is -1.30. The van der Waals surface area contributed by atoms with Gasteiger partial charge in [-0.1, -0.05) is 47.0 Å². The van der Waals surface area contributed by atoms with Gasteiger partial charge in [0.2, 0.25) is 5.91 Å². The van der Waals surface area contributed by atoms with Gasteiger partial charge < -0.3 is 10.2 Å². The van der Waals surface area contributed by atoms with E-state index >= 15 is 0 Å². The molecule has 0 spiro atoms. The van der Waals surface area contributed by atoms with Crippen molar-refractivity contribution in [2.75, 3.05) is 17.3 Å². The van der Waals surface area contributed by atoms with Crippen LogP contribution in [0.2, 0.25) is 15.1 Å². The van der Waals surface area contributed by atoms with Gasteiger partial charge in [-0.2, -0.15) is 0 Å². The molecule has 1 saturated carbocycles. The number of amides is 1. The summed E-state index contributed by atoms with van der Waals surface area (Å²) in [6, 6.07) is 15.8. The molecule has 176 valence electrons. The van der Waals surface area contributed by atoms with Gasteiger partial charge in [-0.05, 0) is 66.2 Å². The molecule has 0 radical (unpaired) electrons. The molecule has 0 aromatic heterocycles. The van der Waals surface area contributed by atoms with Crippen LogP contribution in [-0.2, 0) is 4.79 Å². The molecule has 34 heavy (non-hydrogen) atoms. The molecule has 1 aliphatic carbocycles. The van der Waals surface area contributed by atoms with E-state index in [2.05, 4.69) is 5.32 Å². The lowest BCUT2D eigenvalue weighted by atomic mass is 10.1. The first kappa shape index (κ1) is 25.5. The molecular formula is C24H16Cl5FN2OS. The van der Waals surface area contributed by atoms with Crippen LogP contribution in [0.15, 0.2) is 60.7 Å². The van der Waals surface area contributed by atoms with Gasteiger partial charge in [-0.25, -0.2) is 4.39 Å². The third-order valence-corrected chi connectivity index (χ3v) is 7.76. The van der Waals surface area contributed by atoms with E-state index in [0.717, 1.165) is 0 Å². The van der Waals surface area contributed by atoms with Crippen LogP contribution in [0.4, 0.5) is 15.8 Å². The Morgan fingerprint density at radius 3 is 2.24 bits per heavy atom. The molecule has 0 bridgehead atoms. The Balaban J connectivity index is 1.53. The molecule has 1 N–H and O–H groups in total. The third kappa shape index (κ3) is 5.15. The van der Waals surface area contributed by atoms with Crippen LogP contribution in [0.1, 0.15) is 17.0 Å². The second kappa shape index (κ2) is 9.81. The average molecular weight is 577 g/mol. The fourth-order valence-corrected chi connectivity index (χ4v) is 5.68. The van der Waals surface area contributed by atoms with E-state index in [1.165, 1.54) is 12.1 Å². The summed E-state index contributed by atoms with van der Waals surface area (Å²) in [6.45, 7) is 0. The maximum absolute atomic E-state index is 13.3. The Morgan fingerprint density at radius 2 is 1.62 bits per heavy atom. The van der Waals surface area contributed by atoms with Crippen molar-refractivity contribution in [2.45, 2.75) is 10.3 Å². The number of benzene rings is 3. The Kier molecular flexibility index (Phi) is 7.35. The lowest BCUT2D eigenvalue weighted by Crippen LogP contribution is -2.25. The highest BCUT2D eigenvalue weighted by molar-refractivity contribution is 7.81. The van der Waals surface area contributed by atoms with E-state index < -0.39 is 16.2 Å². The number of anilines is 2. The third-order valence-electron chi connectivity index (χ3n) is 5.56. The maximum Gasteiger partial charge on any atom is 0.231 e. The van der Waals surface area contributed by atoms with Crippen LogP contribution in [0, 0.1) is 11.7 Å². The predicted molar refractivity (Wildman–Crippen MR) is 144 cm³/mol. The van der Waals surface area contributed by atoms with Gasteiger partial charge in [-0.3, -0.25) is 4.79 Å². The normalized spacial score (nSPS) is 18.3. The van der Waals surface area contributed by atoms with Crippen LogP contribution in [0.25, 0.3) is 0 Å². The highest BCUT2D eigenvalue weighted by Gasteiger charge is 2.67.